The Morgan fingerprint density at radius 2 is 2.56 bits per heavy atom. The average Bonchev–Trinajstić information content (AvgIpc) is 2.33. The minimum absolute atomic E-state index is 1.00. The predicted molar refractivity (Wildman–Crippen MR) is 34.2 cm³/mol. The fourth-order valence-corrected chi connectivity index (χ4v) is 1.02. The van der Waals surface area contributed by atoms with Gasteiger partial charge in [0.05, 0.1) is 0 Å². The molecule has 2 rings (SSSR count). The van der Waals surface area contributed by atoms with Crippen LogP contribution in [0.1, 0.15) is 5.56 Å². The maximum absolute atomic E-state index is 4.04. The Morgan fingerprint density at radius 3 is 3.44 bits per heavy atom. The quantitative estimate of drug-likeness (QED) is 0.541. The zero-order chi connectivity index (χ0) is 6.10. The molecule has 0 bridgehead atoms. The van der Waals surface area contributed by atoms with Gasteiger partial charge in [-0.15, -0.1) is 0 Å². The number of hydrogen-bond acceptors (Lipinski definition) is 3. The topological polar surface area (TPSA) is 37.8 Å². The summed E-state index contributed by atoms with van der Waals surface area (Å²) in [6, 6.07) is 0. The number of aromatic nitrogens is 2. The van der Waals surface area contributed by atoms with Gasteiger partial charge in [0.15, 0.2) is 0 Å². The van der Waals surface area contributed by atoms with Crippen molar-refractivity contribution in [1.82, 2.24) is 9.97 Å². The lowest BCUT2D eigenvalue weighted by Gasteiger charge is -1.92. The largest absolute Gasteiger partial charge is 0.369 e. The van der Waals surface area contributed by atoms with E-state index in [-0.39, 0.29) is 0 Å². The molecule has 3 heteroatoms. The second-order valence-corrected chi connectivity index (χ2v) is 2.07. The van der Waals surface area contributed by atoms with Gasteiger partial charge in [0.2, 0.25) is 0 Å². The Kier molecular flexibility index (Phi) is 0.886. The third-order valence-corrected chi connectivity index (χ3v) is 1.47. The lowest BCUT2D eigenvalue weighted by Crippen LogP contribution is -1.92. The first-order valence-corrected chi connectivity index (χ1v) is 2.99. The Bertz CT molecular complexity index is 198. The first-order chi connectivity index (χ1) is 4.47. The molecule has 1 aromatic heterocycles. The average molecular weight is 121 g/mol. The molecular weight excluding hydrogens is 114 g/mol. The highest BCUT2D eigenvalue weighted by Gasteiger charge is 2.08. The maximum Gasteiger partial charge on any atom is 0.132 e. The van der Waals surface area contributed by atoms with Crippen LogP contribution in [0.3, 0.4) is 0 Å². The molecule has 3 nitrogen and oxygen atoms in total. The van der Waals surface area contributed by atoms with Crippen molar-refractivity contribution in [3.05, 3.63) is 18.1 Å². The van der Waals surface area contributed by atoms with Crippen LogP contribution in [0.15, 0.2) is 12.5 Å². The normalized spacial score (nSPS) is 14.7. The molecule has 2 heterocycles. The Labute approximate surface area is 53.1 Å². The van der Waals surface area contributed by atoms with Crippen LogP contribution in [0, 0.1) is 0 Å². The fraction of sp³-hybridized carbons (Fsp3) is 0.333. The third-order valence-electron chi connectivity index (χ3n) is 1.47. The summed E-state index contributed by atoms with van der Waals surface area (Å²) < 4.78 is 0. The van der Waals surface area contributed by atoms with Gasteiger partial charge in [0.1, 0.15) is 12.1 Å². The molecule has 1 N–H and O–H groups in total. The van der Waals surface area contributed by atoms with E-state index in [0.717, 1.165) is 18.8 Å². The SMILES string of the molecule is c1ncc2c(n1)NCC2. The van der Waals surface area contributed by atoms with Crippen LogP contribution in [-0.2, 0) is 6.42 Å². The van der Waals surface area contributed by atoms with E-state index in [2.05, 4.69) is 15.3 Å². The number of hydrogen-bond donors (Lipinski definition) is 1. The highest BCUT2D eigenvalue weighted by atomic mass is 15.0. The summed E-state index contributed by atoms with van der Waals surface area (Å²) in [6.45, 7) is 1.01. The van der Waals surface area contributed by atoms with E-state index < -0.39 is 0 Å². The summed E-state index contributed by atoms with van der Waals surface area (Å²) in [5, 5.41) is 3.15. The molecule has 0 radical (unpaired) electrons. The minimum atomic E-state index is 1.00. The van der Waals surface area contributed by atoms with Crippen molar-refractivity contribution in [2.24, 2.45) is 0 Å². The van der Waals surface area contributed by atoms with E-state index >= 15 is 0 Å². The molecule has 46 valence electrons. The molecule has 9 heavy (non-hydrogen) atoms. The molecule has 0 fully saturated rings. The van der Waals surface area contributed by atoms with E-state index in [1.165, 1.54) is 5.56 Å². The molecule has 0 aliphatic carbocycles. The smallest absolute Gasteiger partial charge is 0.132 e. The highest BCUT2D eigenvalue weighted by molar-refractivity contribution is 5.46. The minimum Gasteiger partial charge on any atom is -0.369 e. The van der Waals surface area contributed by atoms with Gasteiger partial charge in [-0.3, -0.25) is 0 Å². The number of nitrogens with one attached hydrogen (secondary N) is 1. The van der Waals surface area contributed by atoms with Crippen LogP contribution >= 0.6 is 0 Å². The van der Waals surface area contributed by atoms with Crippen LogP contribution in [0.2, 0.25) is 0 Å². The van der Waals surface area contributed by atoms with Gasteiger partial charge in [-0.1, -0.05) is 0 Å². The van der Waals surface area contributed by atoms with Gasteiger partial charge in [-0.05, 0) is 6.42 Å². The standard InChI is InChI=1S/C6H7N3/c1-2-8-6-5(1)3-7-4-9-6/h3-4H,1-2H2,(H,7,8,9). The predicted octanol–water partition coefficient (Wildman–Crippen LogP) is 0.445. The summed E-state index contributed by atoms with van der Waals surface area (Å²) in [7, 11) is 0. The number of anilines is 1. The fourth-order valence-electron chi connectivity index (χ4n) is 1.02. The number of fused-ring (bicyclic) bond motifs is 1. The van der Waals surface area contributed by atoms with Crippen molar-refractivity contribution >= 4 is 5.82 Å². The van der Waals surface area contributed by atoms with Crippen LogP contribution < -0.4 is 5.32 Å². The molecule has 0 aromatic carbocycles. The van der Waals surface area contributed by atoms with E-state index in [9.17, 15) is 0 Å². The second kappa shape index (κ2) is 1.69. The molecule has 1 aliphatic heterocycles. The van der Waals surface area contributed by atoms with E-state index in [4.69, 9.17) is 0 Å². The van der Waals surface area contributed by atoms with Gasteiger partial charge < -0.3 is 5.32 Å². The van der Waals surface area contributed by atoms with Crippen molar-refractivity contribution in [2.45, 2.75) is 6.42 Å². The number of nitrogens with zero attached hydrogens (tertiary/aromatic N) is 2. The van der Waals surface area contributed by atoms with Crippen molar-refractivity contribution < 1.29 is 0 Å². The second-order valence-electron chi connectivity index (χ2n) is 2.07. The first kappa shape index (κ1) is 4.73. The van der Waals surface area contributed by atoms with Crippen LogP contribution in [0.4, 0.5) is 5.82 Å². The van der Waals surface area contributed by atoms with Crippen LogP contribution in [0.25, 0.3) is 0 Å². The van der Waals surface area contributed by atoms with Gasteiger partial charge in [-0.25, -0.2) is 9.97 Å². The molecular formula is C6H7N3. The van der Waals surface area contributed by atoms with Crippen molar-refractivity contribution in [1.29, 1.82) is 0 Å². The van der Waals surface area contributed by atoms with E-state index in [1.54, 1.807) is 6.33 Å². The Morgan fingerprint density at radius 1 is 1.56 bits per heavy atom. The Balaban J connectivity index is 2.54. The lowest BCUT2D eigenvalue weighted by molar-refractivity contribution is 1.09. The van der Waals surface area contributed by atoms with Gasteiger partial charge in [0, 0.05) is 18.3 Å². The molecule has 0 atom stereocenters. The first-order valence-electron chi connectivity index (χ1n) is 2.99. The van der Waals surface area contributed by atoms with Gasteiger partial charge in [-0.2, -0.15) is 0 Å². The summed E-state index contributed by atoms with van der Waals surface area (Å²) in [5.41, 5.74) is 1.23. The van der Waals surface area contributed by atoms with E-state index in [1.807, 2.05) is 6.20 Å². The number of rotatable bonds is 0. The highest BCUT2D eigenvalue weighted by Crippen LogP contribution is 2.15. The molecule has 0 saturated carbocycles. The monoisotopic (exact) mass is 121 g/mol. The van der Waals surface area contributed by atoms with Crippen molar-refractivity contribution in [2.75, 3.05) is 11.9 Å². The van der Waals surface area contributed by atoms with Gasteiger partial charge >= 0.3 is 0 Å². The molecule has 0 spiro atoms. The third kappa shape index (κ3) is 0.650. The molecule has 0 saturated heterocycles. The van der Waals surface area contributed by atoms with Crippen LogP contribution in [0.5, 0.6) is 0 Å². The van der Waals surface area contributed by atoms with E-state index in [0.29, 0.717) is 0 Å². The summed E-state index contributed by atoms with van der Waals surface area (Å²) in [4.78, 5) is 7.94. The van der Waals surface area contributed by atoms with Crippen molar-refractivity contribution in [3.8, 4) is 0 Å². The zero-order valence-corrected chi connectivity index (χ0v) is 4.96. The van der Waals surface area contributed by atoms with Gasteiger partial charge in [0.25, 0.3) is 0 Å². The molecule has 0 amide bonds. The molecule has 0 unspecified atom stereocenters. The maximum atomic E-state index is 4.04. The lowest BCUT2D eigenvalue weighted by atomic mass is 10.3. The Hall–Kier alpha value is -1.12. The summed E-state index contributed by atoms with van der Waals surface area (Å²) in [6.07, 6.45) is 4.50. The van der Waals surface area contributed by atoms with Crippen LogP contribution in [-0.4, -0.2) is 16.5 Å². The molecule has 1 aliphatic rings. The summed E-state index contributed by atoms with van der Waals surface area (Å²) >= 11 is 0. The molecule has 1 aromatic rings. The summed E-state index contributed by atoms with van der Waals surface area (Å²) in [5.74, 6) is 1.00. The zero-order valence-electron chi connectivity index (χ0n) is 4.96. The van der Waals surface area contributed by atoms with Crippen molar-refractivity contribution in [3.63, 3.8) is 0 Å².